The number of carbonyl (C=O) groups excluding carboxylic acids is 2. The molecule has 162 valence electrons. The number of carbonyl (C=O) groups is 2. The quantitative estimate of drug-likeness (QED) is 0.439. The van der Waals surface area contributed by atoms with Crippen molar-refractivity contribution in [2.75, 3.05) is 0 Å². The molecule has 2 aromatic heterocycles. The van der Waals surface area contributed by atoms with Gasteiger partial charge in [0.15, 0.2) is 5.76 Å². The summed E-state index contributed by atoms with van der Waals surface area (Å²) in [7, 11) is 0. The SMILES string of the molecule is Cc1csc(SCc2c(C(=O)N3Cc4ccccc4C[C@@H]3C(N)=O)oc3ccccc23)n1. The highest BCUT2D eigenvalue weighted by atomic mass is 32.2. The molecule has 3 heterocycles. The Bertz CT molecular complexity index is 1330. The predicted molar refractivity (Wildman–Crippen MR) is 126 cm³/mol. The van der Waals surface area contributed by atoms with E-state index in [0.29, 0.717) is 24.3 Å². The first-order valence-corrected chi connectivity index (χ1v) is 12.1. The number of primary amides is 1. The summed E-state index contributed by atoms with van der Waals surface area (Å²) in [6.07, 6.45) is 0.403. The maximum absolute atomic E-state index is 13.7. The van der Waals surface area contributed by atoms with Gasteiger partial charge in [-0.25, -0.2) is 4.98 Å². The zero-order valence-electron chi connectivity index (χ0n) is 17.4. The Morgan fingerprint density at radius 2 is 1.94 bits per heavy atom. The van der Waals surface area contributed by atoms with Crippen LogP contribution >= 0.6 is 23.1 Å². The molecule has 0 radical (unpaired) electrons. The highest BCUT2D eigenvalue weighted by Gasteiger charge is 2.36. The fourth-order valence-corrected chi connectivity index (χ4v) is 5.95. The van der Waals surface area contributed by atoms with Gasteiger partial charge < -0.3 is 15.1 Å². The summed E-state index contributed by atoms with van der Waals surface area (Å²) < 4.78 is 6.99. The molecular formula is C24H21N3O3S2. The van der Waals surface area contributed by atoms with E-state index < -0.39 is 11.9 Å². The molecule has 6 nitrogen and oxygen atoms in total. The van der Waals surface area contributed by atoms with Crippen LogP contribution in [0.4, 0.5) is 0 Å². The normalized spacial score (nSPS) is 15.7. The fraction of sp³-hybridized carbons (Fsp3) is 0.208. The number of benzene rings is 2. The van der Waals surface area contributed by atoms with E-state index >= 15 is 0 Å². The third-order valence-corrected chi connectivity index (χ3v) is 7.83. The van der Waals surface area contributed by atoms with Gasteiger partial charge in [0.1, 0.15) is 16.0 Å². The number of aryl methyl sites for hydroxylation is 1. The maximum Gasteiger partial charge on any atom is 0.290 e. The summed E-state index contributed by atoms with van der Waals surface area (Å²) in [4.78, 5) is 32.1. The van der Waals surface area contributed by atoms with Crippen molar-refractivity contribution in [2.45, 2.75) is 36.0 Å². The van der Waals surface area contributed by atoms with Crippen LogP contribution in [0.3, 0.4) is 0 Å². The first-order valence-electron chi connectivity index (χ1n) is 10.2. The molecule has 8 heteroatoms. The number of furan rings is 1. The Labute approximate surface area is 193 Å². The molecule has 0 spiro atoms. The Morgan fingerprint density at radius 3 is 2.69 bits per heavy atom. The van der Waals surface area contributed by atoms with Gasteiger partial charge in [0, 0.05) is 40.7 Å². The summed E-state index contributed by atoms with van der Waals surface area (Å²) >= 11 is 3.15. The molecule has 32 heavy (non-hydrogen) atoms. The minimum Gasteiger partial charge on any atom is -0.451 e. The minimum atomic E-state index is -0.715. The molecule has 0 saturated carbocycles. The number of aromatic nitrogens is 1. The molecule has 1 aliphatic heterocycles. The number of rotatable bonds is 5. The van der Waals surface area contributed by atoms with E-state index in [1.807, 2.05) is 60.8 Å². The van der Waals surface area contributed by atoms with Gasteiger partial charge in [0.25, 0.3) is 5.91 Å². The monoisotopic (exact) mass is 463 g/mol. The van der Waals surface area contributed by atoms with Crippen molar-refractivity contribution in [3.05, 3.63) is 82.1 Å². The molecule has 0 unspecified atom stereocenters. The summed E-state index contributed by atoms with van der Waals surface area (Å²) in [5.74, 6) is -0.0300. The van der Waals surface area contributed by atoms with Crippen LogP contribution in [0.2, 0.25) is 0 Å². The van der Waals surface area contributed by atoms with E-state index in [0.717, 1.165) is 32.1 Å². The molecule has 0 fully saturated rings. The number of nitrogens with two attached hydrogens (primary N) is 1. The van der Waals surface area contributed by atoms with Crippen molar-refractivity contribution in [2.24, 2.45) is 5.73 Å². The number of thioether (sulfide) groups is 1. The van der Waals surface area contributed by atoms with Gasteiger partial charge in [-0.2, -0.15) is 0 Å². The van der Waals surface area contributed by atoms with Crippen LogP contribution in [0.1, 0.15) is 32.9 Å². The average Bonchev–Trinajstić information content (AvgIpc) is 3.39. The smallest absolute Gasteiger partial charge is 0.290 e. The molecule has 4 aromatic rings. The topological polar surface area (TPSA) is 89.4 Å². The van der Waals surface area contributed by atoms with Gasteiger partial charge >= 0.3 is 0 Å². The summed E-state index contributed by atoms with van der Waals surface area (Å²) in [5, 5.41) is 2.90. The number of hydrogen-bond acceptors (Lipinski definition) is 6. The molecule has 0 saturated heterocycles. The Morgan fingerprint density at radius 1 is 1.19 bits per heavy atom. The van der Waals surface area contributed by atoms with Gasteiger partial charge in [0.05, 0.1) is 0 Å². The second-order valence-electron chi connectivity index (χ2n) is 7.77. The molecule has 2 N–H and O–H groups in total. The van der Waals surface area contributed by atoms with Crippen LogP contribution in [0.15, 0.2) is 62.7 Å². The van der Waals surface area contributed by atoms with E-state index in [1.165, 1.54) is 0 Å². The van der Waals surface area contributed by atoms with Crippen molar-refractivity contribution < 1.29 is 14.0 Å². The van der Waals surface area contributed by atoms with Gasteiger partial charge in [-0.3, -0.25) is 9.59 Å². The first kappa shape index (κ1) is 20.8. The second kappa shape index (κ2) is 8.44. The fourth-order valence-electron chi connectivity index (χ4n) is 4.07. The highest BCUT2D eigenvalue weighted by Crippen LogP contribution is 2.35. The Hall–Kier alpha value is -3.10. The van der Waals surface area contributed by atoms with Gasteiger partial charge in [-0.15, -0.1) is 11.3 Å². The lowest BCUT2D eigenvalue weighted by Crippen LogP contribution is -2.51. The van der Waals surface area contributed by atoms with E-state index in [1.54, 1.807) is 28.0 Å². The van der Waals surface area contributed by atoms with Crippen LogP contribution in [-0.2, 0) is 23.5 Å². The summed E-state index contributed by atoms with van der Waals surface area (Å²) in [6, 6.07) is 14.7. The van der Waals surface area contributed by atoms with Crippen molar-refractivity contribution in [3.8, 4) is 0 Å². The van der Waals surface area contributed by atoms with Crippen molar-refractivity contribution in [1.82, 2.24) is 9.88 Å². The van der Waals surface area contributed by atoms with Crippen LogP contribution in [-0.4, -0.2) is 27.7 Å². The molecule has 2 aromatic carbocycles. The lowest BCUT2D eigenvalue weighted by Gasteiger charge is -2.34. The number of para-hydroxylation sites is 1. The molecule has 0 bridgehead atoms. The van der Waals surface area contributed by atoms with E-state index in [4.69, 9.17) is 10.2 Å². The number of thiazole rings is 1. The molecule has 1 atom stereocenters. The van der Waals surface area contributed by atoms with Gasteiger partial charge in [-0.1, -0.05) is 54.2 Å². The lowest BCUT2D eigenvalue weighted by atomic mass is 9.93. The largest absolute Gasteiger partial charge is 0.451 e. The standard InChI is InChI=1S/C24H21N3O3S2/c1-14-12-31-24(26-14)32-13-18-17-8-4-5-9-20(17)30-21(18)23(29)27-11-16-7-3-2-6-15(16)10-19(27)22(25)28/h2-9,12,19H,10-11,13H2,1H3,(H2,25,28)/t19-/m1/s1. The molecule has 0 aliphatic carbocycles. The zero-order valence-corrected chi connectivity index (χ0v) is 19.0. The van der Waals surface area contributed by atoms with Crippen LogP contribution < -0.4 is 5.73 Å². The van der Waals surface area contributed by atoms with Crippen LogP contribution in [0.25, 0.3) is 11.0 Å². The number of amides is 2. The number of fused-ring (bicyclic) bond motifs is 2. The van der Waals surface area contributed by atoms with Crippen LogP contribution in [0.5, 0.6) is 0 Å². The maximum atomic E-state index is 13.7. The van der Waals surface area contributed by atoms with Crippen molar-refractivity contribution in [3.63, 3.8) is 0 Å². The van der Waals surface area contributed by atoms with E-state index in [2.05, 4.69) is 4.98 Å². The zero-order chi connectivity index (χ0) is 22.2. The summed E-state index contributed by atoms with van der Waals surface area (Å²) in [6.45, 7) is 2.28. The molecule has 1 aliphatic rings. The van der Waals surface area contributed by atoms with Crippen molar-refractivity contribution >= 4 is 45.9 Å². The average molecular weight is 464 g/mol. The van der Waals surface area contributed by atoms with Gasteiger partial charge in [-0.05, 0) is 24.1 Å². The predicted octanol–water partition coefficient (Wildman–Crippen LogP) is 4.54. The Balaban J connectivity index is 1.53. The summed E-state index contributed by atoms with van der Waals surface area (Å²) in [5.41, 5.74) is 10.2. The molecule has 2 amide bonds. The molecular weight excluding hydrogens is 442 g/mol. The third-order valence-electron chi connectivity index (χ3n) is 5.67. The third kappa shape index (κ3) is 3.80. The lowest BCUT2D eigenvalue weighted by molar-refractivity contribution is -0.122. The van der Waals surface area contributed by atoms with E-state index in [9.17, 15) is 9.59 Å². The first-order chi connectivity index (χ1) is 15.5. The van der Waals surface area contributed by atoms with Gasteiger partial charge in [0.2, 0.25) is 5.91 Å². The number of nitrogens with zero attached hydrogens (tertiary/aromatic N) is 2. The Kier molecular flexibility index (Phi) is 5.48. The van der Waals surface area contributed by atoms with E-state index in [-0.39, 0.29) is 11.7 Å². The molecule has 5 rings (SSSR count). The van der Waals surface area contributed by atoms with Crippen molar-refractivity contribution in [1.29, 1.82) is 0 Å². The van der Waals surface area contributed by atoms with Crippen LogP contribution in [0, 0.1) is 6.92 Å². The highest BCUT2D eigenvalue weighted by molar-refractivity contribution is 8.00. The minimum absolute atomic E-state index is 0.262. The second-order valence-corrected chi connectivity index (χ2v) is 9.85. The number of hydrogen-bond donors (Lipinski definition) is 1.